The molecule has 0 spiro atoms. The monoisotopic (exact) mass is 376 g/mol. The van der Waals surface area contributed by atoms with E-state index in [9.17, 15) is 14.0 Å². The first kappa shape index (κ1) is 18.2. The van der Waals surface area contributed by atoms with Crippen molar-refractivity contribution in [3.05, 3.63) is 58.9 Å². The van der Waals surface area contributed by atoms with Crippen molar-refractivity contribution in [1.29, 1.82) is 0 Å². The molecule has 3 rings (SSSR count). The molecule has 136 valence electrons. The number of halogens is 2. The van der Waals surface area contributed by atoms with E-state index in [1.54, 1.807) is 30.2 Å². The lowest BCUT2D eigenvalue weighted by Crippen LogP contribution is -2.57. The predicted molar refractivity (Wildman–Crippen MR) is 97.3 cm³/mol. The van der Waals surface area contributed by atoms with Gasteiger partial charge in [-0.2, -0.15) is 0 Å². The van der Waals surface area contributed by atoms with Crippen LogP contribution in [0.1, 0.15) is 17.3 Å². The normalized spacial score (nSPS) is 17.4. The smallest absolute Gasteiger partial charge is 0.258 e. The molecule has 1 fully saturated rings. The third-order valence-corrected chi connectivity index (χ3v) is 4.63. The van der Waals surface area contributed by atoms with Gasteiger partial charge in [0.25, 0.3) is 5.91 Å². The minimum Gasteiger partial charge on any atom is -0.497 e. The zero-order valence-electron chi connectivity index (χ0n) is 14.4. The largest absolute Gasteiger partial charge is 0.497 e. The Labute approximate surface area is 155 Å². The van der Waals surface area contributed by atoms with Crippen LogP contribution in [0.4, 0.5) is 10.1 Å². The lowest BCUT2D eigenvalue weighted by Gasteiger charge is -2.39. The summed E-state index contributed by atoms with van der Waals surface area (Å²) in [5.74, 6) is -0.895. The Morgan fingerprint density at radius 1 is 1.27 bits per heavy atom. The van der Waals surface area contributed by atoms with E-state index in [2.05, 4.69) is 0 Å². The van der Waals surface area contributed by atoms with E-state index in [0.717, 1.165) is 0 Å². The molecule has 5 nitrogen and oxygen atoms in total. The van der Waals surface area contributed by atoms with E-state index in [1.165, 1.54) is 23.1 Å². The molecule has 1 heterocycles. The van der Waals surface area contributed by atoms with E-state index in [0.29, 0.717) is 11.4 Å². The van der Waals surface area contributed by atoms with Crippen molar-refractivity contribution < 1.29 is 18.7 Å². The zero-order valence-corrected chi connectivity index (χ0v) is 15.2. The van der Waals surface area contributed by atoms with E-state index in [4.69, 9.17) is 16.3 Å². The topological polar surface area (TPSA) is 49.9 Å². The Kier molecular flexibility index (Phi) is 5.13. The third kappa shape index (κ3) is 3.37. The van der Waals surface area contributed by atoms with Crippen LogP contribution in [0.25, 0.3) is 0 Å². The molecule has 26 heavy (non-hydrogen) atoms. The van der Waals surface area contributed by atoms with E-state index in [-0.39, 0.29) is 35.6 Å². The summed E-state index contributed by atoms with van der Waals surface area (Å²) in [7, 11) is 1.55. The lowest BCUT2D eigenvalue weighted by atomic mass is 10.1. The fourth-order valence-corrected chi connectivity index (χ4v) is 3.37. The van der Waals surface area contributed by atoms with Crippen LogP contribution in [0, 0.1) is 5.82 Å². The van der Waals surface area contributed by atoms with E-state index >= 15 is 0 Å². The van der Waals surface area contributed by atoms with Crippen LogP contribution in [-0.4, -0.2) is 43.0 Å². The quantitative estimate of drug-likeness (QED) is 0.825. The van der Waals surface area contributed by atoms with Gasteiger partial charge in [0.05, 0.1) is 23.7 Å². The van der Waals surface area contributed by atoms with Gasteiger partial charge in [0.15, 0.2) is 0 Å². The maximum absolute atomic E-state index is 14.0. The Hall–Kier alpha value is -2.60. The van der Waals surface area contributed by atoms with E-state index in [1.807, 2.05) is 13.0 Å². The van der Waals surface area contributed by atoms with Gasteiger partial charge in [-0.15, -0.1) is 0 Å². The van der Waals surface area contributed by atoms with E-state index < -0.39 is 11.7 Å². The number of benzene rings is 2. The number of anilines is 1. The number of carbonyl (C=O) groups excluding carboxylic acids is 2. The van der Waals surface area contributed by atoms with Gasteiger partial charge in [0, 0.05) is 18.3 Å². The molecular formula is C19H18ClFN2O3. The molecule has 0 N–H and O–H groups in total. The summed E-state index contributed by atoms with van der Waals surface area (Å²) in [6.45, 7) is 1.96. The highest BCUT2D eigenvalue weighted by atomic mass is 35.5. The average Bonchev–Trinajstić information content (AvgIpc) is 2.61. The molecule has 1 aliphatic rings. The molecule has 0 saturated carbocycles. The maximum atomic E-state index is 14.0. The second-order valence-electron chi connectivity index (χ2n) is 6.10. The van der Waals surface area contributed by atoms with Gasteiger partial charge >= 0.3 is 0 Å². The van der Waals surface area contributed by atoms with Crippen molar-refractivity contribution in [3.8, 4) is 5.75 Å². The number of hydrogen-bond donors (Lipinski definition) is 0. The van der Waals surface area contributed by atoms with Gasteiger partial charge in [0.2, 0.25) is 5.91 Å². The summed E-state index contributed by atoms with van der Waals surface area (Å²) < 4.78 is 19.2. The summed E-state index contributed by atoms with van der Waals surface area (Å²) in [4.78, 5) is 28.3. The van der Waals surface area contributed by atoms with Gasteiger partial charge in [-0.25, -0.2) is 4.39 Å². The number of rotatable bonds is 3. The van der Waals surface area contributed by atoms with Crippen molar-refractivity contribution in [2.45, 2.75) is 13.0 Å². The number of ether oxygens (including phenoxy) is 1. The highest BCUT2D eigenvalue weighted by molar-refractivity contribution is 6.33. The van der Waals surface area contributed by atoms with Gasteiger partial charge in [-0.3, -0.25) is 9.59 Å². The second kappa shape index (κ2) is 7.33. The van der Waals surface area contributed by atoms with Crippen LogP contribution in [0.2, 0.25) is 5.02 Å². The fourth-order valence-electron chi connectivity index (χ4n) is 3.12. The molecule has 0 bridgehead atoms. The molecule has 0 unspecified atom stereocenters. The first-order valence-electron chi connectivity index (χ1n) is 8.11. The molecule has 0 radical (unpaired) electrons. The number of amides is 2. The zero-order chi connectivity index (χ0) is 18.8. The van der Waals surface area contributed by atoms with Crippen molar-refractivity contribution in [3.63, 3.8) is 0 Å². The minimum atomic E-state index is -0.696. The molecule has 1 saturated heterocycles. The van der Waals surface area contributed by atoms with Gasteiger partial charge in [0.1, 0.15) is 18.1 Å². The average molecular weight is 377 g/mol. The first-order chi connectivity index (χ1) is 12.4. The standard InChI is InChI=1S/C19H18ClFN2O3/c1-12-10-22(19(25)18-15(20)7-4-8-16(18)21)11-17(24)23(12)13-5-3-6-14(9-13)26-2/h3-9,12H,10-11H2,1-2H3/t12-/m1/s1. The Morgan fingerprint density at radius 3 is 2.65 bits per heavy atom. The van der Waals surface area contributed by atoms with Gasteiger partial charge < -0.3 is 14.5 Å². The molecule has 0 aromatic heterocycles. The Bertz CT molecular complexity index is 838. The highest BCUT2D eigenvalue weighted by Crippen LogP contribution is 2.27. The summed E-state index contributed by atoms with van der Waals surface area (Å²) in [5.41, 5.74) is 0.488. The van der Waals surface area contributed by atoms with Gasteiger partial charge in [-0.05, 0) is 31.2 Å². The summed E-state index contributed by atoms with van der Waals surface area (Å²) in [6, 6.07) is 10.9. The predicted octanol–water partition coefficient (Wildman–Crippen LogP) is 3.37. The van der Waals surface area contributed by atoms with Gasteiger partial charge in [-0.1, -0.05) is 23.7 Å². The molecule has 2 aromatic rings. The second-order valence-corrected chi connectivity index (χ2v) is 6.50. The third-order valence-electron chi connectivity index (χ3n) is 4.32. The van der Waals surface area contributed by atoms with Crippen molar-refractivity contribution in [2.75, 3.05) is 25.1 Å². The summed E-state index contributed by atoms with van der Waals surface area (Å²) in [6.07, 6.45) is 0. The fraction of sp³-hybridized carbons (Fsp3) is 0.263. The lowest BCUT2D eigenvalue weighted by molar-refractivity contribution is -0.121. The molecule has 2 amide bonds. The Balaban J connectivity index is 1.84. The van der Waals surface area contributed by atoms with Crippen LogP contribution in [0.5, 0.6) is 5.75 Å². The number of nitrogens with zero attached hydrogens (tertiary/aromatic N) is 2. The van der Waals surface area contributed by atoms with Crippen LogP contribution in [0.3, 0.4) is 0 Å². The van der Waals surface area contributed by atoms with Crippen LogP contribution in [0.15, 0.2) is 42.5 Å². The molecule has 0 aliphatic carbocycles. The van der Waals surface area contributed by atoms with Crippen molar-refractivity contribution in [2.24, 2.45) is 0 Å². The van der Waals surface area contributed by atoms with Crippen LogP contribution in [-0.2, 0) is 4.79 Å². The molecular weight excluding hydrogens is 359 g/mol. The van der Waals surface area contributed by atoms with Crippen molar-refractivity contribution in [1.82, 2.24) is 4.90 Å². The van der Waals surface area contributed by atoms with Crippen LogP contribution >= 0.6 is 11.6 Å². The van der Waals surface area contributed by atoms with Crippen LogP contribution < -0.4 is 9.64 Å². The maximum Gasteiger partial charge on any atom is 0.258 e. The molecule has 1 atom stereocenters. The molecule has 1 aliphatic heterocycles. The number of methoxy groups -OCH3 is 1. The number of hydrogen-bond acceptors (Lipinski definition) is 3. The minimum absolute atomic E-state index is 0.0327. The van der Waals surface area contributed by atoms with Crippen molar-refractivity contribution >= 4 is 29.1 Å². The SMILES string of the molecule is COc1cccc(N2C(=O)CN(C(=O)c3c(F)cccc3Cl)C[C@H]2C)c1. The molecule has 2 aromatic carbocycles. The number of piperazine rings is 1. The highest BCUT2D eigenvalue weighted by Gasteiger charge is 2.35. The number of carbonyl (C=O) groups is 2. The summed E-state index contributed by atoms with van der Waals surface area (Å²) in [5, 5.41) is 0.0327. The summed E-state index contributed by atoms with van der Waals surface area (Å²) >= 11 is 5.98. The Morgan fingerprint density at radius 2 is 2.00 bits per heavy atom. The first-order valence-corrected chi connectivity index (χ1v) is 8.49. The molecule has 7 heteroatoms.